The summed E-state index contributed by atoms with van der Waals surface area (Å²) in [5.41, 5.74) is 6.21. The molecule has 21 heavy (non-hydrogen) atoms. The largest absolute Gasteiger partial charge is 0.394 e. The number of nitrogens with two attached hydrogens (primary N) is 1. The second kappa shape index (κ2) is 5.16. The Morgan fingerprint density at radius 1 is 1.43 bits per heavy atom. The van der Waals surface area contributed by atoms with E-state index in [-0.39, 0.29) is 0 Å². The summed E-state index contributed by atoms with van der Waals surface area (Å²) in [5, 5.41) is 28.9. The van der Waals surface area contributed by atoms with Crippen molar-refractivity contribution in [1.82, 2.24) is 14.5 Å². The first-order chi connectivity index (χ1) is 10.1. The average molecular weight is 297 g/mol. The number of aliphatic hydroxyl groups is 3. The predicted molar refractivity (Wildman–Crippen MR) is 68.2 cm³/mol. The molecule has 10 heteroatoms. The van der Waals surface area contributed by atoms with Crippen molar-refractivity contribution in [1.29, 1.82) is 0 Å². The highest BCUT2D eigenvalue weighted by Crippen LogP contribution is 2.36. The average Bonchev–Trinajstić information content (AvgIpc) is 3.03. The molecule has 0 aromatic carbocycles. The van der Waals surface area contributed by atoms with Crippen LogP contribution in [0.5, 0.6) is 0 Å². The van der Waals surface area contributed by atoms with E-state index in [0.29, 0.717) is 17.9 Å². The van der Waals surface area contributed by atoms with Gasteiger partial charge in [-0.15, -0.1) is 0 Å². The SMILES string of the molecule is NC1c2ncn([C@@H]3O[C@H](CO)C(O)C3O)c2N=CN1C=O. The summed E-state index contributed by atoms with van der Waals surface area (Å²) >= 11 is 0. The summed E-state index contributed by atoms with van der Waals surface area (Å²) in [6, 6.07) is 0. The van der Waals surface area contributed by atoms with Crippen LogP contribution in [0.2, 0.25) is 0 Å². The summed E-state index contributed by atoms with van der Waals surface area (Å²) < 4.78 is 6.82. The number of aliphatic imine (C=N–C) groups is 1. The van der Waals surface area contributed by atoms with Gasteiger partial charge in [0.25, 0.3) is 0 Å². The van der Waals surface area contributed by atoms with Crippen LogP contribution in [0.3, 0.4) is 0 Å². The van der Waals surface area contributed by atoms with Gasteiger partial charge in [-0.2, -0.15) is 0 Å². The maximum absolute atomic E-state index is 10.8. The first-order valence-electron chi connectivity index (χ1n) is 6.30. The number of carbonyl (C=O) groups is 1. The number of nitrogens with zero attached hydrogens (tertiary/aromatic N) is 4. The molecule has 114 valence electrons. The lowest BCUT2D eigenvalue weighted by atomic mass is 10.1. The van der Waals surface area contributed by atoms with Crippen molar-refractivity contribution >= 4 is 18.6 Å². The Labute approximate surface area is 119 Å². The monoisotopic (exact) mass is 297 g/mol. The lowest BCUT2D eigenvalue weighted by Gasteiger charge is -2.24. The first kappa shape index (κ1) is 14.1. The van der Waals surface area contributed by atoms with Crippen molar-refractivity contribution < 1.29 is 24.9 Å². The van der Waals surface area contributed by atoms with E-state index in [0.717, 1.165) is 4.90 Å². The van der Waals surface area contributed by atoms with Gasteiger partial charge in [-0.05, 0) is 0 Å². The predicted octanol–water partition coefficient (Wildman–Crippen LogP) is -2.42. The molecule has 0 bridgehead atoms. The highest BCUT2D eigenvalue weighted by atomic mass is 16.6. The van der Waals surface area contributed by atoms with Crippen LogP contribution in [0.15, 0.2) is 11.3 Å². The van der Waals surface area contributed by atoms with E-state index >= 15 is 0 Å². The molecule has 1 fully saturated rings. The van der Waals surface area contributed by atoms with Gasteiger partial charge in [0.2, 0.25) is 6.41 Å². The third-order valence-electron chi connectivity index (χ3n) is 3.62. The van der Waals surface area contributed by atoms with Crippen LogP contribution in [0.25, 0.3) is 0 Å². The van der Waals surface area contributed by atoms with Crippen LogP contribution in [-0.2, 0) is 9.53 Å². The van der Waals surface area contributed by atoms with E-state index in [2.05, 4.69) is 9.98 Å². The van der Waals surface area contributed by atoms with E-state index in [4.69, 9.17) is 15.6 Å². The minimum Gasteiger partial charge on any atom is -0.394 e. The van der Waals surface area contributed by atoms with E-state index < -0.39 is 37.3 Å². The molecule has 2 aliphatic heterocycles. The molecule has 3 unspecified atom stereocenters. The van der Waals surface area contributed by atoms with Crippen LogP contribution in [-0.4, -0.2) is 67.4 Å². The van der Waals surface area contributed by atoms with Crippen LogP contribution in [0.4, 0.5) is 5.82 Å². The molecule has 1 aromatic rings. The van der Waals surface area contributed by atoms with Gasteiger partial charge in [-0.25, -0.2) is 9.98 Å². The number of imidazole rings is 1. The van der Waals surface area contributed by atoms with Gasteiger partial charge in [0.05, 0.1) is 12.9 Å². The maximum Gasteiger partial charge on any atom is 0.216 e. The van der Waals surface area contributed by atoms with Crippen LogP contribution in [0, 0.1) is 0 Å². The Hall–Kier alpha value is -1.85. The van der Waals surface area contributed by atoms with E-state index in [9.17, 15) is 15.0 Å². The lowest BCUT2D eigenvalue weighted by Crippen LogP contribution is -2.35. The molecule has 3 heterocycles. The van der Waals surface area contributed by atoms with Crippen LogP contribution >= 0.6 is 0 Å². The molecule has 0 aliphatic carbocycles. The number of amides is 1. The number of rotatable bonds is 3. The summed E-state index contributed by atoms with van der Waals surface area (Å²) in [5.74, 6) is 0.329. The second-order valence-electron chi connectivity index (χ2n) is 4.83. The number of ether oxygens (including phenoxy) is 1. The minimum absolute atomic E-state index is 0.329. The molecule has 10 nitrogen and oxygen atoms in total. The van der Waals surface area contributed by atoms with Crippen molar-refractivity contribution in [3.63, 3.8) is 0 Å². The zero-order valence-corrected chi connectivity index (χ0v) is 10.9. The van der Waals surface area contributed by atoms with Crippen molar-refractivity contribution in [3.8, 4) is 0 Å². The molecule has 0 spiro atoms. The summed E-state index contributed by atoms with van der Waals surface area (Å²) in [6.07, 6.45) is -1.94. The quantitative estimate of drug-likeness (QED) is 0.454. The molecular weight excluding hydrogens is 282 g/mol. The normalized spacial score (nSPS) is 35.0. The Bertz CT molecular complexity index is 575. The fourth-order valence-electron chi connectivity index (χ4n) is 2.43. The Morgan fingerprint density at radius 2 is 2.19 bits per heavy atom. The fourth-order valence-corrected chi connectivity index (χ4v) is 2.43. The van der Waals surface area contributed by atoms with Crippen molar-refractivity contribution in [2.24, 2.45) is 10.7 Å². The number of carbonyl (C=O) groups excluding carboxylic acids is 1. The van der Waals surface area contributed by atoms with E-state index in [1.807, 2.05) is 0 Å². The standard InChI is InChI=1S/C11H15N5O5/c12-9-6-10(14-2-15(9)4-18)16(3-13-6)11-8(20)7(19)5(1-17)21-11/h2-5,7-9,11,17,19-20H,1,12H2/t5-,7?,8?,9?,11-/m1/s1. The molecule has 0 saturated carbocycles. The third-order valence-corrected chi connectivity index (χ3v) is 3.62. The summed E-state index contributed by atoms with van der Waals surface area (Å²) in [7, 11) is 0. The maximum atomic E-state index is 10.8. The Kier molecular flexibility index (Phi) is 3.47. The summed E-state index contributed by atoms with van der Waals surface area (Å²) in [4.78, 5) is 20.1. The second-order valence-corrected chi connectivity index (χ2v) is 4.83. The molecule has 1 amide bonds. The topological polar surface area (TPSA) is 146 Å². The number of aromatic nitrogens is 2. The van der Waals surface area contributed by atoms with Crippen LogP contribution in [0.1, 0.15) is 18.1 Å². The lowest BCUT2D eigenvalue weighted by molar-refractivity contribution is -0.116. The first-order valence-corrected chi connectivity index (χ1v) is 6.30. The van der Waals surface area contributed by atoms with Crippen molar-refractivity contribution in [2.45, 2.75) is 30.7 Å². The number of aliphatic hydroxyl groups excluding tert-OH is 3. The molecule has 2 aliphatic rings. The van der Waals surface area contributed by atoms with E-state index in [1.54, 1.807) is 0 Å². The van der Waals surface area contributed by atoms with Crippen molar-refractivity contribution in [3.05, 3.63) is 12.0 Å². The van der Waals surface area contributed by atoms with Gasteiger partial charge in [0.1, 0.15) is 36.5 Å². The van der Waals surface area contributed by atoms with Gasteiger partial charge < -0.3 is 25.8 Å². The van der Waals surface area contributed by atoms with Gasteiger partial charge in [0.15, 0.2) is 12.0 Å². The highest BCUT2D eigenvalue weighted by Gasteiger charge is 2.44. The zero-order chi connectivity index (χ0) is 15.1. The molecule has 5 atom stereocenters. The summed E-state index contributed by atoms with van der Waals surface area (Å²) in [6.45, 7) is -0.423. The Morgan fingerprint density at radius 3 is 2.81 bits per heavy atom. The number of fused-ring (bicyclic) bond motifs is 1. The highest BCUT2D eigenvalue weighted by molar-refractivity contribution is 5.77. The number of hydrogen-bond acceptors (Lipinski definition) is 8. The van der Waals surface area contributed by atoms with Gasteiger partial charge >= 0.3 is 0 Å². The third kappa shape index (κ3) is 2.04. The van der Waals surface area contributed by atoms with Gasteiger partial charge in [-0.3, -0.25) is 14.3 Å². The number of hydrogen-bond donors (Lipinski definition) is 4. The molecule has 1 saturated heterocycles. The molecule has 0 radical (unpaired) electrons. The fraction of sp³-hybridized carbons (Fsp3) is 0.545. The van der Waals surface area contributed by atoms with Gasteiger partial charge in [-0.1, -0.05) is 0 Å². The van der Waals surface area contributed by atoms with Crippen LogP contribution < -0.4 is 5.73 Å². The minimum atomic E-state index is -1.24. The molecular formula is C11H15N5O5. The van der Waals surface area contributed by atoms with Crippen molar-refractivity contribution in [2.75, 3.05) is 6.61 Å². The van der Waals surface area contributed by atoms with Gasteiger partial charge in [0, 0.05) is 0 Å². The molecule has 1 aromatic heterocycles. The Balaban J connectivity index is 1.94. The smallest absolute Gasteiger partial charge is 0.216 e. The van der Waals surface area contributed by atoms with E-state index in [1.165, 1.54) is 17.2 Å². The zero-order valence-electron chi connectivity index (χ0n) is 10.9. The molecule has 3 rings (SSSR count). The molecule has 5 N–H and O–H groups in total.